The van der Waals surface area contributed by atoms with Crippen LogP contribution in [0.1, 0.15) is 5.56 Å². The van der Waals surface area contributed by atoms with Gasteiger partial charge < -0.3 is 4.74 Å². The van der Waals surface area contributed by atoms with Crippen molar-refractivity contribution in [2.24, 2.45) is 10.3 Å². The molecule has 0 unspecified atom stereocenters. The molecule has 0 amide bonds. The van der Waals surface area contributed by atoms with Crippen LogP contribution >= 0.6 is 11.6 Å². The lowest BCUT2D eigenvalue weighted by molar-refractivity contribution is -0.132. The van der Waals surface area contributed by atoms with Crippen molar-refractivity contribution in [2.45, 2.75) is 6.92 Å². The molecular formula is C10H12ClN3O2. The Kier molecular flexibility index (Phi) is 4.72. The third-order valence-corrected chi connectivity index (χ3v) is 2.04. The fourth-order valence-corrected chi connectivity index (χ4v) is 1.15. The van der Waals surface area contributed by atoms with E-state index in [1.807, 2.05) is 13.0 Å². The topological polar surface area (TPSA) is 54.3 Å². The van der Waals surface area contributed by atoms with Crippen molar-refractivity contribution in [1.82, 2.24) is 5.01 Å². The highest BCUT2D eigenvalue weighted by atomic mass is 35.5. The zero-order valence-electron chi connectivity index (χ0n) is 9.05. The molecule has 0 aromatic heterocycles. The summed E-state index contributed by atoms with van der Waals surface area (Å²) in [6, 6.07) is 5.36. The summed E-state index contributed by atoms with van der Waals surface area (Å²) in [5, 5.41) is 9.84. The average molecular weight is 242 g/mol. The van der Waals surface area contributed by atoms with Crippen LogP contribution in [0.2, 0.25) is 5.02 Å². The maximum absolute atomic E-state index is 9.94. The van der Waals surface area contributed by atoms with Gasteiger partial charge in [-0.05, 0) is 24.6 Å². The van der Waals surface area contributed by atoms with Gasteiger partial charge in [0.2, 0.25) is 0 Å². The summed E-state index contributed by atoms with van der Waals surface area (Å²) < 4.78 is 4.50. The molecule has 0 fully saturated rings. The standard InChI is InChI=1S/C10H12ClN3O2/c1-8-3-4-9(11)5-10(8)12-13-14(2)6-16-7-15/h3-5,7H,6H2,1-2H3. The Hall–Kier alpha value is -1.62. The van der Waals surface area contributed by atoms with Gasteiger partial charge in [0.25, 0.3) is 6.47 Å². The first-order valence-corrected chi connectivity index (χ1v) is 4.95. The Morgan fingerprint density at radius 3 is 3.00 bits per heavy atom. The zero-order chi connectivity index (χ0) is 12.0. The first-order valence-electron chi connectivity index (χ1n) is 4.57. The van der Waals surface area contributed by atoms with Crippen LogP contribution in [0, 0.1) is 6.92 Å². The van der Waals surface area contributed by atoms with Crippen LogP contribution in [-0.4, -0.2) is 25.3 Å². The molecule has 0 radical (unpaired) electrons. The van der Waals surface area contributed by atoms with Gasteiger partial charge in [-0.3, -0.25) is 4.79 Å². The summed E-state index contributed by atoms with van der Waals surface area (Å²) in [6.07, 6.45) is 0. The Balaban J connectivity index is 2.67. The largest absolute Gasteiger partial charge is 0.445 e. The number of nitrogens with zero attached hydrogens (tertiary/aromatic N) is 3. The second kappa shape index (κ2) is 6.07. The molecule has 0 aliphatic heterocycles. The average Bonchev–Trinajstić information content (AvgIpc) is 2.27. The number of hydrogen-bond donors (Lipinski definition) is 0. The Morgan fingerprint density at radius 1 is 1.56 bits per heavy atom. The van der Waals surface area contributed by atoms with E-state index in [0.717, 1.165) is 5.56 Å². The van der Waals surface area contributed by atoms with Gasteiger partial charge in [0.1, 0.15) is 0 Å². The molecule has 0 saturated heterocycles. The molecule has 1 aromatic rings. The van der Waals surface area contributed by atoms with Crippen molar-refractivity contribution in [2.75, 3.05) is 13.8 Å². The van der Waals surface area contributed by atoms with Gasteiger partial charge in [-0.15, -0.1) is 5.11 Å². The molecule has 16 heavy (non-hydrogen) atoms. The van der Waals surface area contributed by atoms with Crippen molar-refractivity contribution >= 4 is 23.8 Å². The molecule has 0 aliphatic carbocycles. The van der Waals surface area contributed by atoms with Crippen LogP contribution in [0.5, 0.6) is 0 Å². The molecule has 0 aliphatic rings. The predicted molar refractivity (Wildman–Crippen MR) is 60.5 cm³/mol. The number of rotatable bonds is 5. The van der Waals surface area contributed by atoms with Gasteiger partial charge in [0.15, 0.2) is 6.73 Å². The quantitative estimate of drug-likeness (QED) is 0.345. The van der Waals surface area contributed by atoms with E-state index in [1.165, 1.54) is 5.01 Å². The van der Waals surface area contributed by atoms with Crippen LogP contribution in [0.3, 0.4) is 0 Å². The second-order valence-corrected chi connectivity index (χ2v) is 3.61. The van der Waals surface area contributed by atoms with E-state index in [2.05, 4.69) is 15.1 Å². The molecule has 1 rings (SSSR count). The fourth-order valence-electron chi connectivity index (χ4n) is 0.979. The van der Waals surface area contributed by atoms with E-state index in [-0.39, 0.29) is 6.73 Å². The number of carbonyl (C=O) groups excluding carboxylic acids is 1. The fraction of sp³-hybridized carbons (Fsp3) is 0.300. The first kappa shape index (κ1) is 12.4. The molecule has 86 valence electrons. The van der Waals surface area contributed by atoms with Crippen molar-refractivity contribution in [3.8, 4) is 0 Å². The molecule has 0 atom stereocenters. The van der Waals surface area contributed by atoms with Gasteiger partial charge >= 0.3 is 0 Å². The van der Waals surface area contributed by atoms with E-state index in [1.54, 1.807) is 19.2 Å². The number of halogens is 1. The maximum atomic E-state index is 9.94. The van der Waals surface area contributed by atoms with Crippen molar-refractivity contribution in [3.63, 3.8) is 0 Å². The zero-order valence-corrected chi connectivity index (χ0v) is 9.81. The van der Waals surface area contributed by atoms with Crippen molar-refractivity contribution in [1.29, 1.82) is 0 Å². The number of hydrogen-bond acceptors (Lipinski definition) is 4. The highest BCUT2D eigenvalue weighted by Crippen LogP contribution is 2.23. The minimum atomic E-state index is 0.0621. The molecule has 5 nitrogen and oxygen atoms in total. The van der Waals surface area contributed by atoms with E-state index < -0.39 is 0 Å². The highest BCUT2D eigenvalue weighted by Gasteiger charge is 1.98. The predicted octanol–water partition coefficient (Wildman–Crippen LogP) is 2.71. The summed E-state index contributed by atoms with van der Waals surface area (Å²) in [5.74, 6) is 0. The SMILES string of the molecule is Cc1ccc(Cl)cc1N=NN(C)COC=O. The molecule has 0 spiro atoms. The summed E-state index contributed by atoms with van der Waals surface area (Å²) >= 11 is 5.83. The molecule has 0 saturated carbocycles. The maximum Gasteiger partial charge on any atom is 0.294 e. The minimum absolute atomic E-state index is 0.0621. The van der Waals surface area contributed by atoms with Crippen molar-refractivity contribution < 1.29 is 9.53 Å². The highest BCUT2D eigenvalue weighted by molar-refractivity contribution is 6.30. The second-order valence-electron chi connectivity index (χ2n) is 3.17. The Bertz CT molecular complexity index is 396. The monoisotopic (exact) mass is 241 g/mol. The van der Waals surface area contributed by atoms with Gasteiger partial charge in [0.05, 0.1) is 5.69 Å². The Labute approximate surface area is 98.6 Å². The number of benzene rings is 1. The normalized spacial score (nSPS) is 10.4. The van der Waals surface area contributed by atoms with E-state index in [9.17, 15) is 4.79 Å². The van der Waals surface area contributed by atoms with Crippen molar-refractivity contribution in [3.05, 3.63) is 28.8 Å². The summed E-state index contributed by atoms with van der Waals surface area (Å²) in [4.78, 5) is 9.94. The van der Waals surface area contributed by atoms with E-state index in [4.69, 9.17) is 11.6 Å². The van der Waals surface area contributed by atoms with Gasteiger partial charge in [-0.25, -0.2) is 5.01 Å². The van der Waals surface area contributed by atoms with E-state index >= 15 is 0 Å². The lowest BCUT2D eigenvalue weighted by atomic mass is 10.2. The van der Waals surface area contributed by atoms with Crippen LogP contribution in [0.4, 0.5) is 5.69 Å². The molecular weight excluding hydrogens is 230 g/mol. The number of carbonyl (C=O) groups is 1. The van der Waals surface area contributed by atoms with Crippen LogP contribution < -0.4 is 0 Å². The van der Waals surface area contributed by atoms with Crippen LogP contribution in [0.25, 0.3) is 0 Å². The van der Waals surface area contributed by atoms with Crippen LogP contribution in [-0.2, 0) is 9.53 Å². The molecule has 6 heteroatoms. The Morgan fingerprint density at radius 2 is 2.31 bits per heavy atom. The lowest BCUT2D eigenvalue weighted by Crippen LogP contribution is -2.13. The number of aryl methyl sites for hydroxylation is 1. The van der Waals surface area contributed by atoms with Gasteiger partial charge in [-0.2, -0.15) is 0 Å². The number of ether oxygens (including phenoxy) is 1. The van der Waals surface area contributed by atoms with Crippen LogP contribution in [0.15, 0.2) is 28.5 Å². The van der Waals surface area contributed by atoms with Gasteiger partial charge in [0, 0.05) is 12.1 Å². The summed E-state index contributed by atoms with van der Waals surface area (Å²) in [7, 11) is 1.65. The van der Waals surface area contributed by atoms with E-state index in [0.29, 0.717) is 17.2 Å². The smallest absolute Gasteiger partial charge is 0.294 e. The third kappa shape index (κ3) is 3.86. The minimum Gasteiger partial charge on any atom is -0.445 e. The lowest BCUT2D eigenvalue weighted by Gasteiger charge is -2.08. The molecule has 0 N–H and O–H groups in total. The third-order valence-electron chi connectivity index (χ3n) is 1.81. The summed E-state index contributed by atoms with van der Waals surface area (Å²) in [6.45, 7) is 2.33. The molecule has 0 heterocycles. The first-order chi connectivity index (χ1) is 7.63. The summed E-state index contributed by atoms with van der Waals surface area (Å²) in [5.41, 5.74) is 1.66. The molecule has 1 aromatic carbocycles. The molecule has 0 bridgehead atoms. The van der Waals surface area contributed by atoms with Gasteiger partial charge in [-0.1, -0.05) is 22.9 Å².